The number of unbranched alkanes of at least 4 members (excludes halogenated alkanes) is 31. The van der Waals surface area contributed by atoms with Crippen molar-refractivity contribution in [2.24, 2.45) is 0 Å². The summed E-state index contributed by atoms with van der Waals surface area (Å²) in [6, 6.07) is -0.706. The predicted molar refractivity (Wildman–Crippen MR) is 255 cm³/mol. The molecule has 59 heavy (non-hydrogen) atoms. The molecule has 0 aliphatic heterocycles. The molecule has 0 rings (SSSR count). The molecule has 3 N–H and O–H groups in total. The molecule has 0 aromatic carbocycles. The lowest BCUT2D eigenvalue weighted by molar-refractivity contribution is -0.150. The van der Waals surface area contributed by atoms with Crippen LogP contribution < -0.4 is 5.32 Å². The van der Waals surface area contributed by atoms with Crippen LogP contribution in [0, 0.1) is 0 Å². The van der Waals surface area contributed by atoms with Crippen LogP contribution in [0.4, 0.5) is 0 Å². The van der Waals surface area contributed by atoms with Gasteiger partial charge in [-0.15, -0.1) is 0 Å². The summed E-state index contributed by atoms with van der Waals surface area (Å²) in [7, 11) is 0. The van der Waals surface area contributed by atoms with E-state index in [0.717, 1.165) is 44.9 Å². The maximum atomic E-state index is 13.2. The summed E-state index contributed by atoms with van der Waals surface area (Å²) in [6.45, 7) is 6.48. The van der Waals surface area contributed by atoms with Crippen molar-refractivity contribution in [3.63, 3.8) is 0 Å². The Morgan fingerprint density at radius 2 is 0.864 bits per heavy atom. The van der Waals surface area contributed by atoms with E-state index in [4.69, 9.17) is 4.74 Å². The number of carbonyl (C=O) groups excluding carboxylic acids is 2. The number of carbonyl (C=O) groups is 2. The van der Waals surface area contributed by atoms with Gasteiger partial charge in [0.05, 0.1) is 25.2 Å². The molecule has 6 nitrogen and oxygen atoms in total. The summed E-state index contributed by atoms with van der Waals surface area (Å²) < 4.78 is 5.90. The highest BCUT2D eigenvalue weighted by Gasteiger charge is 2.24. The van der Waals surface area contributed by atoms with E-state index in [1.165, 1.54) is 180 Å². The van der Waals surface area contributed by atoms with Crippen LogP contribution in [0.2, 0.25) is 0 Å². The number of aliphatic hydroxyl groups is 2. The van der Waals surface area contributed by atoms with E-state index in [1.54, 1.807) is 0 Å². The van der Waals surface area contributed by atoms with Gasteiger partial charge in [0.25, 0.3) is 0 Å². The van der Waals surface area contributed by atoms with Crippen molar-refractivity contribution in [2.45, 2.75) is 296 Å². The van der Waals surface area contributed by atoms with Crippen LogP contribution in [0.5, 0.6) is 0 Å². The van der Waals surface area contributed by atoms with Crippen LogP contribution in [0.3, 0.4) is 0 Å². The molecule has 0 radical (unpaired) electrons. The summed E-state index contributed by atoms with van der Waals surface area (Å²) in [5.41, 5.74) is 0. The van der Waals surface area contributed by atoms with Gasteiger partial charge >= 0.3 is 5.97 Å². The minimum absolute atomic E-state index is 0.0609. The molecule has 6 heteroatoms. The summed E-state index contributed by atoms with van der Waals surface area (Å²) in [5, 5.41) is 23.8. The molecule has 0 heterocycles. The molecule has 0 saturated carbocycles. The lowest BCUT2D eigenvalue weighted by Crippen LogP contribution is -2.46. The van der Waals surface area contributed by atoms with Crippen molar-refractivity contribution in [3.8, 4) is 0 Å². The lowest BCUT2D eigenvalue weighted by Gasteiger charge is -2.24. The van der Waals surface area contributed by atoms with Crippen molar-refractivity contribution in [1.29, 1.82) is 0 Å². The highest BCUT2D eigenvalue weighted by Crippen LogP contribution is 2.18. The first kappa shape index (κ1) is 57.3. The van der Waals surface area contributed by atoms with Crippen LogP contribution in [-0.4, -0.2) is 46.9 Å². The number of nitrogens with one attached hydrogen (secondary N) is 1. The second-order valence-corrected chi connectivity index (χ2v) is 17.9. The van der Waals surface area contributed by atoms with Crippen molar-refractivity contribution in [2.75, 3.05) is 6.61 Å². The Labute approximate surface area is 367 Å². The first-order chi connectivity index (χ1) is 29.0. The maximum absolute atomic E-state index is 13.2. The van der Waals surface area contributed by atoms with Gasteiger partial charge in [-0.3, -0.25) is 9.59 Å². The molecular weight excluding hydrogens is 731 g/mol. The van der Waals surface area contributed by atoms with E-state index in [1.807, 2.05) is 0 Å². The number of ether oxygens (including phenoxy) is 1. The van der Waals surface area contributed by atoms with Crippen molar-refractivity contribution < 1.29 is 24.5 Å². The standard InChI is InChI=1S/C53H101NO5/c1-4-7-10-13-16-19-22-25-28-29-32-35-38-41-44-49(59-53(58)46-43-40-37-34-31-27-24-21-18-15-12-9-6-3)47-52(57)54-50(48-55)51(56)45-42-39-36-33-30-26-23-20-17-14-11-8-5-2/h27,31,37,40,49-51,55-56H,4-26,28-30,32-36,38-39,41-48H2,1-3H3,(H,54,57)/b31-27-,40-37+. The smallest absolute Gasteiger partial charge is 0.306 e. The van der Waals surface area contributed by atoms with Crippen molar-refractivity contribution >= 4 is 11.9 Å². The van der Waals surface area contributed by atoms with E-state index in [0.29, 0.717) is 25.7 Å². The number of esters is 1. The third-order valence-corrected chi connectivity index (χ3v) is 12.0. The quantitative estimate of drug-likeness (QED) is 0.0322. The molecule has 0 aromatic heterocycles. The third kappa shape index (κ3) is 42.8. The zero-order valence-electron chi connectivity index (χ0n) is 39.7. The predicted octanol–water partition coefficient (Wildman–Crippen LogP) is 15.5. The maximum Gasteiger partial charge on any atom is 0.306 e. The Morgan fingerprint density at radius 3 is 1.29 bits per heavy atom. The summed E-state index contributed by atoms with van der Waals surface area (Å²) in [4.78, 5) is 26.1. The molecule has 0 bridgehead atoms. The molecule has 0 aliphatic carbocycles. The third-order valence-electron chi connectivity index (χ3n) is 12.0. The van der Waals surface area contributed by atoms with Crippen molar-refractivity contribution in [1.82, 2.24) is 5.32 Å². The topological polar surface area (TPSA) is 95.9 Å². The zero-order chi connectivity index (χ0) is 43.1. The zero-order valence-corrected chi connectivity index (χ0v) is 39.7. The van der Waals surface area contributed by atoms with Crippen LogP contribution in [0.25, 0.3) is 0 Å². The summed E-state index contributed by atoms with van der Waals surface area (Å²) >= 11 is 0. The number of allylic oxidation sites excluding steroid dienone is 4. The molecule has 0 fully saturated rings. The molecule has 0 saturated heterocycles. The van der Waals surface area contributed by atoms with Gasteiger partial charge in [-0.25, -0.2) is 0 Å². The molecule has 3 unspecified atom stereocenters. The lowest BCUT2D eigenvalue weighted by atomic mass is 10.0. The first-order valence-corrected chi connectivity index (χ1v) is 26.1. The molecule has 0 aromatic rings. The minimum Gasteiger partial charge on any atom is -0.462 e. The Morgan fingerprint density at radius 1 is 0.492 bits per heavy atom. The highest BCUT2D eigenvalue weighted by molar-refractivity contribution is 5.77. The second kappa shape index (κ2) is 47.4. The Kier molecular flexibility index (Phi) is 46.1. The first-order valence-electron chi connectivity index (χ1n) is 26.1. The van der Waals surface area contributed by atoms with E-state index in [9.17, 15) is 19.8 Å². The van der Waals surface area contributed by atoms with E-state index < -0.39 is 18.2 Å². The van der Waals surface area contributed by atoms with Crippen LogP contribution >= 0.6 is 0 Å². The highest BCUT2D eigenvalue weighted by atomic mass is 16.5. The Hall–Kier alpha value is -1.66. The van der Waals surface area contributed by atoms with Crippen LogP contribution in [-0.2, 0) is 14.3 Å². The minimum atomic E-state index is -0.791. The molecule has 0 spiro atoms. The van der Waals surface area contributed by atoms with Crippen molar-refractivity contribution in [3.05, 3.63) is 24.3 Å². The fourth-order valence-electron chi connectivity index (χ4n) is 8.07. The van der Waals surface area contributed by atoms with Gasteiger partial charge in [-0.05, 0) is 44.9 Å². The molecule has 348 valence electrons. The molecular formula is C53H101NO5. The van der Waals surface area contributed by atoms with Gasteiger partial charge < -0.3 is 20.3 Å². The largest absolute Gasteiger partial charge is 0.462 e. The van der Waals surface area contributed by atoms with Gasteiger partial charge in [-0.2, -0.15) is 0 Å². The number of amides is 1. The molecule has 0 aliphatic rings. The van der Waals surface area contributed by atoms with E-state index in [2.05, 4.69) is 50.4 Å². The second-order valence-electron chi connectivity index (χ2n) is 17.9. The summed E-state index contributed by atoms with van der Waals surface area (Å²) in [5.74, 6) is -0.540. The Balaban J connectivity index is 4.61. The Bertz CT molecular complexity index is 935. The fraction of sp³-hybridized carbons (Fsp3) is 0.887. The summed E-state index contributed by atoms with van der Waals surface area (Å²) in [6.07, 6.45) is 53.9. The van der Waals surface area contributed by atoms with Gasteiger partial charge in [0, 0.05) is 6.42 Å². The molecule has 1 amide bonds. The van der Waals surface area contributed by atoms with Gasteiger partial charge in [0.2, 0.25) is 5.91 Å². The number of hydrogen-bond donors (Lipinski definition) is 3. The average molecular weight is 832 g/mol. The number of aliphatic hydroxyl groups excluding tert-OH is 2. The fourth-order valence-corrected chi connectivity index (χ4v) is 8.07. The number of hydrogen-bond acceptors (Lipinski definition) is 5. The number of rotatable bonds is 47. The average Bonchev–Trinajstić information content (AvgIpc) is 3.23. The van der Waals surface area contributed by atoms with E-state index >= 15 is 0 Å². The normalized spacial score (nSPS) is 13.4. The SMILES string of the molecule is CCCCCCCC/C=C\C/C=C/CCC(=O)OC(CCCCCCCCCCCCCCCC)CC(=O)NC(CO)C(O)CCCCCCCCCCCCCCC. The van der Waals surface area contributed by atoms with Gasteiger partial charge in [0.15, 0.2) is 0 Å². The van der Waals surface area contributed by atoms with Gasteiger partial charge in [-0.1, -0.05) is 244 Å². The van der Waals surface area contributed by atoms with E-state index in [-0.39, 0.29) is 24.9 Å². The van der Waals surface area contributed by atoms with Crippen LogP contribution in [0.1, 0.15) is 278 Å². The van der Waals surface area contributed by atoms with Crippen LogP contribution in [0.15, 0.2) is 24.3 Å². The molecule has 3 atom stereocenters. The van der Waals surface area contributed by atoms with Gasteiger partial charge in [0.1, 0.15) is 6.10 Å². The monoisotopic (exact) mass is 832 g/mol.